The van der Waals surface area contributed by atoms with Crippen LogP contribution in [-0.2, 0) is 17.8 Å². The van der Waals surface area contributed by atoms with Crippen molar-refractivity contribution in [1.82, 2.24) is 5.32 Å². The Labute approximate surface area is 190 Å². The standard InChI is InChI=1S/C24H24ClN3O4/c25-19-11-18(10-15-4-2-1-3-5-15)23(31)21(12-19)28-24(32)27-20(13-22(29)30)17-8-6-16(14-26)7-9-17/h1-9,11-12,20,31H,10,13-14,26H2,(H,29,30)(H2,27,28,32). The molecule has 3 rings (SSSR count). The smallest absolute Gasteiger partial charge is 0.319 e. The van der Waals surface area contributed by atoms with Gasteiger partial charge >= 0.3 is 12.0 Å². The first-order chi connectivity index (χ1) is 15.4. The second kappa shape index (κ2) is 10.7. The number of carbonyl (C=O) groups excluding carboxylic acids is 1. The highest BCUT2D eigenvalue weighted by molar-refractivity contribution is 6.31. The van der Waals surface area contributed by atoms with Gasteiger partial charge in [0.25, 0.3) is 0 Å². The van der Waals surface area contributed by atoms with Crippen molar-refractivity contribution in [2.24, 2.45) is 5.73 Å². The Morgan fingerprint density at radius 1 is 1.00 bits per heavy atom. The SMILES string of the molecule is NCc1ccc(C(CC(=O)O)NC(=O)Nc2cc(Cl)cc(Cc3ccccc3)c2O)cc1. The van der Waals surface area contributed by atoms with E-state index in [-0.39, 0.29) is 17.9 Å². The molecule has 0 spiro atoms. The Kier molecular flexibility index (Phi) is 7.70. The number of carbonyl (C=O) groups is 2. The van der Waals surface area contributed by atoms with E-state index >= 15 is 0 Å². The molecule has 0 saturated heterocycles. The molecule has 166 valence electrons. The van der Waals surface area contributed by atoms with Gasteiger partial charge in [-0.25, -0.2) is 4.79 Å². The number of hydrogen-bond donors (Lipinski definition) is 5. The maximum absolute atomic E-state index is 12.6. The lowest BCUT2D eigenvalue weighted by atomic mass is 10.0. The minimum atomic E-state index is -1.06. The van der Waals surface area contributed by atoms with E-state index in [1.54, 1.807) is 30.3 Å². The molecular formula is C24H24ClN3O4. The lowest BCUT2D eigenvalue weighted by molar-refractivity contribution is -0.137. The number of phenolic OH excluding ortho intramolecular Hbond substituents is 1. The molecule has 0 heterocycles. The molecule has 0 radical (unpaired) electrons. The average molecular weight is 454 g/mol. The van der Waals surface area contributed by atoms with Crippen molar-refractivity contribution in [2.75, 3.05) is 5.32 Å². The zero-order chi connectivity index (χ0) is 23.1. The zero-order valence-electron chi connectivity index (χ0n) is 17.2. The van der Waals surface area contributed by atoms with Crippen molar-refractivity contribution >= 4 is 29.3 Å². The van der Waals surface area contributed by atoms with Crippen LogP contribution in [0.15, 0.2) is 66.7 Å². The van der Waals surface area contributed by atoms with Crippen LogP contribution < -0.4 is 16.4 Å². The number of carboxylic acids is 1. The van der Waals surface area contributed by atoms with Gasteiger partial charge in [0.2, 0.25) is 0 Å². The molecule has 6 N–H and O–H groups in total. The van der Waals surface area contributed by atoms with Gasteiger partial charge in [-0.3, -0.25) is 4.79 Å². The second-order valence-electron chi connectivity index (χ2n) is 7.32. The Bertz CT molecular complexity index is 1090. The van der Waals surface area contributed by atoms with E-state index in [9.17, 15) is 19.8 Å². The van der Waals surface area contributed by atoms with E-state index in [1.165, 1.54) is 6.07 Å². The predicted octanol–water partition coefficient (Wildman–Crippen LogP) is 4.43. The number of rotatable bonds is 8. The van der Waals surface area contributed by atoms with Crippen LogP contribution in [0, 0.1) is 0 Å². The fourth-order valence-electron chi connectivity index (χ4n) is 3.33. The monoisotopic (exact) mass is 453 g/mol. The highest BCUT2D eigenvalue weighted by Crippen LogP contribution is 2.33. The molecule has 8 heteroatoms. The molecule has 0 aliphatic carbocycles. The van der Waals surface area contributed by atoms with E-state index in [0.717, 1.165) is 11.1 Å². The summed E-state index contributed by atoms with van der Waals surface area (Å²) in [5, 5.41) is 25.5. The maximum Gasteiger partial charge on any atom is 0.319 e. The molecule has 0 fully saturated rings. The number of halogens is 1. The van der Waals surface area contributed by atoms with Gasteiger partial charge in [0, 0.05) is 23.6 Å². The van der Waals surface area contributed by atoms with Gasteiger partial charge in [0.15, 0.2) is 0 Å². The highest BCUT2D eigenvalue weighted by atomic mass is 35.5. The van der Waals surface area contributed by atoms with Crippen molar-refractivity contribution < 1.29 is 19.8 Å². The average Bonchev–Trinajstić information content (AvgIpc) is 2.77. The molecular weight excluding hydrogens is 430 g/mol. The third kappa shape index (κ3) is 6.23. The molecule has 0 saturated carbocycles. The highest BCUT2D eigenvalue weighted by Gasteiger charge is 2.20. The van der Waals surface area contributed by atoms with Gasteiger partial charge in [0.05, 0.1) is 18.2 Å². The van der Waals surface area contributed by atoms with Crippen molar-refractivity contribution in [3.05, 3.63) is 94.0 Å². The van der Waals surface area contributed by atoms with Gasteiger partial charge in [0.1, 0.15) is 5.75 Å². The van der Waals surface area contributed by atoms with E-state index in [2.05, 4.69) is 10.6 Å². The van der Waals surface area contributed by atoms with E-state index in [1.807, 2.05) is 30.3 Å². The minimum Gasteiger partial charge on any atom is -0.505 e. The summed E-state index contributed by atoms with van der Waals surface area (Å²) >= 11 is 6.20. The van der Waals surface area contributed by atoms with Crippen molar-refractivity contribution in [2.45, 2.75) is 25.4 Å². The third-order valence-electron chi connectivity index (χ3n) is 4.94. The van der Waals surface area contributed by atoms with Crippen LogP contribution in [0.3, 0.4) is 0 Å². The number of aromatic hydroxyl groups is 1. The molecule has 32 heavy (non-hydrogen) atoms. The molecule has 3 aromatic rings. The summed E-state index contributed by atoms with van der Waals surface area (Å²) in [7, 11) is 0. The van der Waals surface area contributed by atoms with E-state index in [4.69, 9.17) is 17.3 Å². The summed E-state index contributed by atoms with van der Waals surface area (Å²) < 4.78 is 0. The first kappa shape index (κ1) is 23.1. The van der Waals surface area contributed by atoms with Gasteiger partial charge in [-0.15, -0.1) is 0 Å². The Morgan fingerprint density at radius 2 is 1.69 bits per heavy atom. The van der Waals surface area contributed by atoms with Gasteiger partial charge in [-0.1, -0.05) is 66.2 Å². The van der Waals surface area contributed by atoms with Gasteiger partial charge in [-0.2, -0.15) is 0 Å². The summed E-state index contributed by atoms with van der Waals surface area (Å²) in [5.74, 6) is -1.16. The van der Waals surface area contributed by atoms with Crippen LogP contribution in [0.4, 0.5) is 10.5 Å². The number of benzene rings is 3. The molecule has 0 bridgehead atoms. The zero-order valence-corrected chi connectivity index (χ0v) is 18.0. The largest absolute Gasteiger partial charge is 0.505 e. The quantitative estimate of drug-likeness (QED) is 0.322. The summed E-state index contributed by atoms with van der Waals surface area (Å²) in [6.07, 6.45) is 0.120. The maximum atomic E-state index is 12.6. The summed E-state index contributed by atoms with van der Waals surface area (Å²) in [4.78, 5) is 24.0. The van der Waals surface area contributed by atoms with Crippen LogP contribution >= 0.6 is 11.6 Å². The Morgan fingerprint density at radius 3 is 2.31 bits per heavy atom. The normalized spacial score (nSPS) is 11.6. The molecule has 1 unspecified atom stereocenters. The van der Waals surface area contributed by atoms with Gasteiger partial charge < -0.3 is 26.6 Å². The number of nitrogens with two attached hydrogens (primary N) is 1. The fraction of sp³-hybridized carbons (Fsp3) is 0.167. The number of anilines is 1. The number of hydrogen-bond acceptors (Lipinski definition) is 4. The molecule has 0 aromatic heterocycles. The van der Waals surface area contributed by atoms with Crippen LogP contribution in [0.2, 0.25) is 5.02 Å². The van der Waals surface area contributed by atoms with Crippen molar-refractivity contribution in [3.63, 3.8) is 0 Å². The van der Waals surface area contributed by atoms with Crippen LogP contribution in [0.25, 0.3) is 0 Å². The first-order valence-corrected chi connectivity index (χ1v) is 10.4. The predicted molar refractivity (Wildman–Crippen MR) is 124 cm³/mol. The van der Waals surface area contributed by atoms with Crippen LogP contribution in [-0.4, -0.2) is 22.2 Å². The number of urea groups is 1. The van der Waals surface area contributed by atoms with Crippen LogP contribution in [0.1, 0.15) is 34.7 Å². The lowest BCUT2D eigenvalue weighted by Gasteiger charge is -2.19. The second-order valence-corrected chi connectivity index (χ2v) is 7.75. The number of amides is 2. The summed E-state index contributed by atoms with van der Waals surface area (Å²) in [5.41, 5.74) is 8.78. The molecule has 7 nitrogen and oxygen atoms in total. The first-order valence-electron chi connectivity index (χ1n) is 9.99. The molecule has 0 aliphatic heterocycles. The van der Waals surface area contributed by atoms with Crippen LogP contribution in [0.5, 0.6) is 5.75 Å². The summed E-state index contributed by atoms with van der Waals surface area (Å²) in [6, 6.07) is 18.2. The third-order valence-corrected chi connectivity index (χ3v) is 5.16. The number of carboxylic acid groups (broad SMARTS) is 1. The van der Waals surface area contributed by atoms with Crippen molar-refractivity contribution in [3.8, 4) is 5.75 Å². The van der Waals surface area contributed by atoms with Crippen molar-refractivity contribution in [1.29, 1.82) is 0 Å². The minimum absolute atomic E-state index is 0.101. The fourth-order valence-corrected chi connectivity index (χ4v) is 3.57. The van der Waals surface area contributed by atoms with E-state index in [0.29, 0.717) is 29.1 Å². The summed E-state index contributed by atoms with van der Waals surface area (Å²) in [6.45, 7) is 0.358. The topological polar surface area (TPSA) is 125 Å². The number of nitrogens with one attached hydrogen (secondary N) is 2. The molecule has 1 atom stereocenters. The molecule has 3 aromatic carbocycles. The van der Waals surface area contributed by atoms with Gasteiger partial charge in [-0.05, 0) is 28.8 Å². The number of phenols is 1. The number of aliphatic carboxylic acids is 1. The van der Waals surface area contributed by atoms with E-state index < -0.39 is 18.0 Å². The lowest BCUT2D eigenvalue weighted by Crippen LogP contribution is -2.33. The molecule has 2 amide bonds. The Balaban J connectivity index is 1.77. The Hall–Kier alpha value is -3.55. The molecule has 0 aliphatic rings.